The molecule has 5 heteroatoms. The van der Waals surface area contributed by atoms with Gasteiger partial charge in [-0.3, -0.25) is 0 Å². The van der Waals surface area contributed by atoms with Crippen LogP contribution in [-0.2, 0) is 15.6 Å². The molecule has 0 amide bonds. The van der Waals surface area contributed by atoms with Gasteiger partial charge >= 0.3 is 10.2 Å². The Morgan fingerprint density at radius 3 is 2.15 bits per heavy atom. The van der Waals surface area contributed by atoms with Crippen molar-refractivity contribution < 1.29 is 8.42 Å². The van der Waals surface area contributed by atoms with Gasteiger partial charge < -0.3 is 0 Å². The molecule has 0 aliphatic carbocycles. The van der Waals surface area contributed by atoms with E-state index in [-0.39, 0.29) is 5.41 Å². The third-order valence-electron chi connectivity index (χ3n) is 5.23. The number of hydrogen-bond acceptors (Lipinski definition) is 2. The molecule has 0 N–H and O–H groups in total. The van der Waals surface area contributed by atoms with E-state index in [9.17, 15) is 8.42 Å². The van der Waals surface area contributed by atoms with Crippen LogP contribution in [0.5, 0.6) is 0 Å². The van der Waals surface area contributed by atoms with Crippen LogP contribution in [0.2, 0.25) is 0 Å². The summed E-state index contributed by atoms with van der Waals surface area (Å²) >= 11 is 0. The zero-order valence-corrected chi connectivity index (χ0v) is 16.1. The van der Waals surface area contributed by atoms with Crippen LogP contribution in [-0.4, -0.2) is 8.42 Å². The Labute approximate surface area is 157 Å². The summed E-state index contributed by atoms with van der Waals surface area (Å²) in [6.45, 7) is 6.43. The van der Waals surface area contributed by atoms with E-state index < -0.39 is 10.2 Å². The lowest BCUT2D eigenvalue weighted by atomic mass is 9.85. The van der Waals surface area contributed by atoms with Gasteiger partial charge in [0, 0.05) is 10.8 Å². The van der Waals surface area contributed by atoms with Gasteiger partial charge in [0.05, 0.1) is 0 Å². The molecular weight excluding hydrogens is 356 g/mol. The Kier molecular flexibility index (Phi) is 3.12. The highest BCUT2D eigenvalue weighted by atomic mass is 32.2. The van der Waals surface area contributed by atoms with Gasteiger partial charge in [-0.2, -0.15) is 8.42 Å². The molecule has 0 bridgehead atoms. The third-order valence-corrected chi connectivity index (χ3v) is 6.06. The van der Waals surface area contributed by atoms with Gasteiger partial charge in [0.2, 0.25) is 0 Å². The minimum absolute atomic E-state index is 0.0522. The fourth-order valence-electron chi connectivity index (χ4n) is 3.87. The third kappa shape index (κ3) is 2.38. The number of rotatable bonds is 0. The van der Waals surface area contributed by atoms with Crippen molar-refractivity contribution in [1.82, 2.24) is 0 Å². The van der Waals surface area contributed by atoms with E-state index in [2.05, 4.69) is 59.9 Å². The highest BCUT2D eigenvalue weighted by Gasteiger charge is 2.21. The van der Waals surface area contributed by atoms with Crippen molar-refractivity contribution in [2.45, 2.75) is 26.2 Å². The van der Waals surface area contributed by atoms with Crippen molar-refractivity contribution in [2.75, 3.05) is 0 Å². The second kappa shape index (κ2) is 5.14. The second-order valence-corrected chi connectivity index (χ2v) is 9.31. The van der Waals surface area contributed by atoms with Crippen LogP contribution in [0.25, 0.3) is 32.3 Å². The molecule has 0 fully saturated rings. The fraction of sp³-hybridized carbons (Fsp3) is 0.182. The Bertz CT molecular complexity index is 1510. The number of nitrogens with zero attached hydrogens (tertiary/aromatic N) is 2. The summed E-state index contributed by atoms with van der Waals surface area (Å²) in [6.07, 6.45) is 0. The van der Waals surface area contributed by atoms with Crippen molar-refractivity contribution >= 4 is 42.5 Å². The number of fused-ring (bicyclic) bond motifs is 8. The first kappa shape index (κ1) is 16.4. The molecule has 4 aromatic carbocycles. The molecule has 0 spiro atoms. The second-order valence-electron chi connectivity index (χ2n) is 8.05. The molecule has 5 rings (SSSR count). The minimum atomic E-state index is -3.84. The first-order valence-electron chi connectivity index (χ1n) is 8.87. The van der Waals surface area contributed by atoms with E-state index in [4.69, 9.17) is 0 Å². The molecule has 134 valence electrons. The van der Waals surface area contributed by atoms with E-state index in [1.807, 2.05) is 24.3 Å². The summed E-state index contributed by atoms with van der Waals surface area (Å²) in [4.78, 5) is 0. The summed E-state index contributed by atoms with van der Waals surface area (Å²) in [5, 5.41) is 6.81. The minimum Gasteiger partial charge on any atom is -0.179 e. The largest absolute Gasteiger partial charge is 0.364 e. The molecule has 1 aliphatic heterocycles. The Morgan fingerprint density at radius 1 is 0.741 bits per heavy atom. The zero-order chi connectivity index (χ0) is 19.0. The van der Waals surface area contributed by atoms with Crippen molar-refractivity contribution in [2.24, 2.45) is 8.80 Å². The Hall–Kier alpha value is -2.79. The molecule has 1 aliphatic rings. The van der Waals surface area contributed by atoms with E-state index in [0.29, 0.717) is 10.7 Å². The van der Waals surface area contributed by atoms with Gasteiger partial charge in [0.25, 0.3) is 0 Å². The van der Waals surface area contributed by atoms with Crippen LogP contribution in [0.1, 0.15) is 26.3 Å². The number of hydrogen-bond donors (Lipinski definition) is 0. The number of benzene rings is 4. The lowest BCUT2D eigenvalue weighted by Gasteiger charge is -2.20. The van der Waals surface area contributed by atoms with Crippen LogP contribution in [0.15, 0.2) is 63.4 Å². The lowest BCUT2D eigenvalue weighted by molar-refractivity contribution is 0.591. The monoisotopic (exact) mass is 374 g/mol. The standard InChI is InChI=1S/C22H18N2O2S/c1-22(2,3)14-9-11-16-18(12-14)21-20(23-27(25,26)24-21)17-10-8-13-6-4-5-7-15(13)19(16)17/h4-12H,1-3H3. The maximum atomic E-state index is 12.2. The summed E-state index contributed by atoms with van der Waals surface area (Å²) in [6, 6.07) is 18.4. The SMILES string of the molecule is CC(C)(C)c1ccc2c(c1)c1c(c3ccc4ccccc4c32)=NS(=O)(=O)N=1. The lowest BCUT2D eigenvalue weighted by Crippen LogP contribution is -2.24. The Morgan fingerprint density at radius 2 is 1.41 bits per heavy atom. The normalized spacial score (nSPS) is 15.7. The molecular formula is C22H18N2O2S. The predicted molar refractivity (Wildman–Crippen MR) is 109 cm³/mol. The van der Waals surface area contributed by atoms with Crippen LogP contribution in [0, 0.1) is 0 Å². The average molecular weight is 374 g/mol. The van der Waals surface area contributed by atoms with Crippen molar-refractivity contribution in [1.29, 1.82) is 0 Å². The maximum absolute atomic E-state index is 12.2. The van der Waals surface area contributed by atoms with Gasteiger partial charge in [-0.05, 0) is 38.6 Å². The van der Waals surface area contributed by atoms with Crippen molar-refractivity contribution in [3.63, 3.8) is 0 Å². The van der Waals surface area contributed by atoms with Crippen LogP contribution in [0.3, 0.4) is 0 Å². The zero-order valence-electron chi connectivity index (χ0n) is 15.3. The van der Waals surface area contributed by atoms with Crippen LogP contribution in [0.4, 0.5) is 0 Å². The average Bonchev–Trinajstić information content (AvgIpc) is 2.95. The molecule has 0 unspecified atom stereocenters. The molecule has 27 heavy (non-hydrogen) atoms. The topological polar surface area (TPSA) is 58.9 Å². The van der Waals surface area contributed by atoms with Gasteiger partial charge in [-0.15, -0.1) is 8.80 Å². The highest BCUT2D eigenvalue weighted by Crippen LogP contribution is 2.32. The highest BCUT2D eigenvalue weighted by molar-refractivity contribution is 7.88. The molecule has 0 radical (unpaired) electrons. The van der Waals surface area contributed by atoms with E-state index >= 15 is 0 Å². The molecule has 0 aromatic heterocycles. The van der Waals surface area contributed by atoms with E-state index in [1.165, 1.54) is 0 Å². The molecule has 0 atom stereocenters. The van der Waals surface area contributed by atoms with E-state index in [1.54, 1.807) is 0 Å². The summed E-state index contributed by atoms with van der Waals surface area (Å²) in [5.74, 6) is 0. The van der Waals surface area contributed by atoms with Crippen LogP contribution < -0.4 is 10.7 Å². The summed E-state index contributed by atoms with van der Waals surface area (Å²) in [7, 11) is -3.84. The molecule has 0 saturated heterocycles. The Balaban J connectivity index is 2.14. The molecule has 0 saturated carbocycles. The van der Waals surface area contributed by atoms with Gasteiger partial charge in [0.15, 0.2) is 0 Å². The van der Waals surface area contributed by atoms with E-state index in [0.717, 1.165) is 37.9 Å². The fourth-order valence-corrected chi connectivity index (χ4v) is 4.75. The molecule has 1 heterocycles. The molecule has 4 aromatic rings. The van der Waals surface area contributed by atoms with Crippen molar-refractivity contribution in [3.05, 3.63) is 70.9 Å². The maximum Gasteiger partial charge on any atom is 0.364 e. The summed E-state index contributed by atoms with van der Waals surface area (Å²) < 4.78 is 32.3. The quantitative estimate of drug-likeness (QED) is 0.438. The van der Waals surface area contributed by atoms with Gasteiger partial charge in [-0.25, -0.2) is 0 Å². The first-order valence-corrected chi connectivity index (χ1v) is 10.3. The molecule has 4 nitrogen and oxygen atoms in total. The summed E-state index contributed by atoms with van der Waals surface area (Å²) in [5.41, 5.74) is 1.08. The first-order chi connectivity index (χ1) is 12.7. The van der Waals surface area contributed by atoms with Crippen molar-refractivity contribution in [3.8, 4) is 0 Å². The smallest absolute Gasteiger partial charge is 0.179 e. The predicted octanol–water partition coefficient (Wildman–Crippen LogP) is 3.94. The van der Waals surface area contributed by atoms with Gasteiger partial charge in [-0.1, -0.05) is 69.3 Å². The van der Waals surface area contributed by atoms with Crippen LogP contribution >= 0.6 is 0 Å². The van der Waals surface area contributed by atoms with Gasteiger partial charge in [0.1, 0.15) is 10.7 Å².